The Morgan fingerprint density at radius 3 is 2.50 bits per heavy atom. The number of carbonyl (C=O) groups is 1. The normalized spacial score (nSPS) is 10.3. The molecule has 0 saturated carbocycles. The number of benzene rings is 2. The second-order valence-electron chi connectivity index (χ2n) is 5.17. The summed E-state index contributed by atoms with van der Waals surface area (Å²) in [6, 6.07) is 11.5. The molecule has 0 radical (unpaired) electrons. The lowest BCUT2D eigenvalue weighted by atomic mass is 10.1. The van der Waals surface area contributed by atoms with Gasteiger partial charge in [0, 0.05) is 6.07 Å². The fraction of sp³-hybridized carbons (Fsp3) is 0.278. The maximum Gasteiger partial charge on any atom is 0.238 e. The smallest absolute Gasteiger partial charge is 0.238 e. The van der Waals surface area contributed by atoms with Crippen LogP contribution in [0.1, 0.15) is 5.56 Å². The van der Waals surface area contributed by atoms with E-state index in [1.165, 1.54) is 19.2 Å². The summed E-state index contributed by atoms with van der Waals surface area (Å²) in [5, 5.41) is 5.84. The fourth-order valence-corrected chi connectivity index (χ4v) is 2.18. The van der Waals surface area contributed by atoms with E-state index >= 15 is 0 Å². The number of hydrogen-bond acceptors (Lipinski definition) is 4. The van der Waals surface area contributed by atoms with Gasteiger partial charge in [0.25, 0.3) is 0 Å². The number of nitrogens with one attached hydrogen (secondary N) is 2. The average Bonchev–Trinajstić information content (AvgIpc) is 2.60. The van der Waals surface area contributed by atoms with Crippen LogP contribution in [0.5, 0.6) is 11.5 Å². The van der Waals surface area contributed by atoms with Gasteiger partial charge in [-0.15, -0.1) is 0 Å². The number of halogens is 1. The highest BCUT2D eigenvalue weighted by atomic mass is 19.1. The van der Waals surface area contributed by atoms with E-state index in [-0.39, 0.29) is 18.3 Å². The molecule has 0 aliphatic rings. The maximum atomic E-state index is 12.8. The van der Waals surface area contributed by atoms with Crippen molar-refractivity contribution in [1.29, 1.82) is 0 Å². The standard InChI is InChI=1S/C18H21FN2O3/c1-23-15-7-8-16(17(11-15)24-2)21-18(22)12-20-10-9-13-3-5-14(19)6-4-13/h3-8,11,20H,9-10,12H2,1-2H3,(H,21,22). The molecule has 128 valence electrons. The molecule has 6 heteroatoms. The summed E-state index contributed by atoms with van der Waals surface area (Å²) in [6.07, 6.45) is 0.722. The van der Waals surface area contributed by atoms with E-state index in [9.17, 15) is 9.18 Å². The molecule has 0 aromatic heterocycles. The van der Waals surface area contributed by atoms with E-state index in [4.69, 9.17) is 9.47 Å². The molecule has 0 spiro atoms. The topological polar surface area (TPSA) is 59.6 Å². The Bertz CT molecular complexity index is 674. The van der Waals surface area contributed by atoms with Gasteiger partial charge in [-0.25, -0.2) is 4.39 Å². The Labute approximate surface area is 140 Å². The lowest BCUT2D eigenvalue weighted by Gasteiger charge is -2.12. The van der Waals surface area contributed by atoms with Crippen LogP contribution in [-0.2, 0) is 11.2 Å². The third-order valence-corrected chi connectivity index (χ3v) is 3.47. The predicted octanol–water partition coefficient (Wildman–Crippen LogP) is 2.61. The van der Waals surface area contributed by atoms with Crippen LogP contribution in [0.4, 0.5) is 10.1 Å². The molecule has 2 rings (SSSR count). The monoisotopic (exact) mass is 332 g/mol. The number of hydrogen-bond donors (Lipinski definition) is 2. The number of amides is 1. The SMILES string of the molecule is COc1ccc(NC(=O)CNCCc2ccc(F)cc2)c(OC)c1. The Morgan fingerprint density at radius 1 is 1.08 bits per heavy atom. The highest BCUT2D eigenvalue weighted by Gasteiger charge is 2.08. The first kappa shape index (κ1) is 17.7. The number of anilines is 1. The highest BCUT2D eigenvalue weighted by Crippen LogP contribution is 2.28. The summed E-state index contributed by atoms with van der Waals surface area (Å²) in [6.45, 7) is 0.801. The highest BCUT2D eigenvalue weighted by molar-refractivity contribution is 5.93. The second-order valence-corrected chi connectivity index (χ2v) is 5.17. The van der Waals surface area contributed by atoms with E-state index in [0.717, 1.165) is 12.0 Å². The van der Waals surface area contributed by atoms with Gasteiger partial charge in [-0.05, 0) is 42.8 Å². The van der Waals surface area contributed by atoms with Crippen LogP contribution in [0.15, 0.2) is 42.5 Å². The zero-order valence-corrected chi connectivity index (χ0v) is 13.8. The molecule has 0 saturated heterocycles. The average molecular weight is 332 g/mol. The van der Waals surface area contributed by atoms with Crippen molar-refractivity contribution >= 4 is 11.6 Å². The summed E-state index contributed by atoms with van der Waals surface area (Å²) in [4.78, 5) is 12.0. The molecule has 0 aliphatic heterocycles. The molecule has 24 heavy (non-hydrogen) atoms. The lowest BCUT2D eigenvalue weighted by Crippen LogP contribution is -2.29. The van der Waals surface area contributed by atoms with Crippen LogP contribution < -0.4 is 20.1 Å². The van der Waals surface area contributed by atoms with Crippen molar-refractivity contribution in [3.63, 3.8) is 0 Å². The molecule has 0 atom stereocenters. The summed E-state index contributed by atoms with van der Waals surface area (Å²) in [5.41, 5.74) is 1.60. The molecule has 2 N–H and O–H groups in total. The first-order chi connectivity index (χ1) is 11.6. The van der Waals surface area contributed by atoms with Gasteiger partial charge in [-0.3, -0.25) is 4.79 Å². The van der Waals surface area contributed by atoms with Gasteiger partial charge in [0.2, 0.25) is 5.91 Å². The van der Waals surface area contributed by atoms with Crippen LogP contribution in [-0.4, -0.2) is 33.2 Å². The van der Waals surface area contributed by atoms with Gasteiger partial charge in [0.05, 0.1) is 26.5 Å². The Morgan fingerprint density at radius 2 is 1.83 bits per heavy atom. The lowest BCUT2D eigenvalue weighted by molar-refractivity contribution is -0.115. The Kier molecular flexibility index (Phi) is 6.57. The molecule has 0 heterocycles. The third kappa shape index (κ3) is 5.24. The van der Waals surface area contributed by atoms with Gasteiger partial charge >= 0.3 is 0 Å². The molecule has 0 fully saturated rings. The number of carbonyl (C=O) groups excluding carboxylic acids is 1. The summed E-state index contributed by atoms with van der Waals surface area (Å²) in [7, 11) is 3.10. The number of rotatable bonds is 8. The molecule has 2 aromatic carbocycles. The summed E-state index contributed by atoms with van der Waals surface area (Å²) < 4.78 is 23.2. The summed E-state index contributed by atoms with van der Waals surface area (Å²) in [5.74, 6) is 0.772. The molecular weight excluding hydrogens is 311 g/mol. The van der Waals surface area contributed by atoms with Gasteiger partial charge in [-0.1, -0.05) is 12.1 Å². The molecular formula is C18H21FN2O3. The van der Waals surface area contributed by atoms with Crippen LogP contribution in [0.25, 0.3) is 0 Å². The largest absolute Gasteiger partial charge is 0.497 e. The van der Waals surface area contributed by atoms with Crippen molar-refractivity contribution in [1.82, 2.24) is 5.32 Å². The molecule has 0 unspecified atom stereocenters. The summed E-state index contributed by atoms with van der Waals surface area (Å²) >= 11 is 0. The van der Waals surface area contributed by atoms with E-state index in [1.54, 1.807) is 37.4 Å². The maximum absolute atomic E-state index is 12.8. The number of methoxy groups -OCH3 is 2. The van der Waals surface area contributed by atoms with Crippen LogP contribution in [0, 0.1) is 5.82 Å². The second kappa shape index (κ2) is 8.88. The Balaban J connectivity index is 1.78. The van der Waals surface area contributed by atoms with Crippen molar-refractivity contribution in [2.75, 3.05) is 32.6 Å². The number of ether oxygens (including phenoxy) is 2. The van der Waals surface area contributed by atoms with E-state index < -0.39 is 0 Å². The van der Waals surface area contributed by atoms with Crippen molar-refractivity contribution in [2.45, 2.75) is 6.42 Å². The zero-order valence-electron chi connectivity index (χ0n) is 13.8. The van der Waals surface area contributed by atoms with E-state index in [2.05, 4.69) is 10.6 Å². The first-order valence-corrected chi connectivity index (χ1v) is 7.59. The fourth-order valence-electron chi connectivity index (χ4n) is 2.18. The Hall–Kier alpha value is -2.60. The minimum Gasteiger partial charge on any atom is -0.497 e. The predicted molar refractivity (Wildman–Crippen MR) is 91.1 cm³/mol. The van der Waals surface area contributed by atoms with Gasteiger partial charge in [0.1, 0.15) is 17.3 Å². The van der Waals surface area contributed by atoms with Crippen LogP contribution in [0.2, 0.25) is 0 Å². The van der Waals surface area contributed by atoms with Crippen LogP contribution >= 0.6 is 0 Å². The van der Waals surface area contributed by atoms with Crippen molar-refractivity contribution in [3.05, 3.63) is 53.8 Å². The molecule has 0 aliphatic carbocycles. The quantitative estimate of drug-likeness (QED) is 0.730. The third-order valence-electron chi connectivity index (χ3n) is 3.47. The van der Waals surface area contributed by atoms with E-state index in [0.29, 0.717) is 23.7 Å². The zero-order chi connectivity index (χ0) is 17.4. The van der Waals surface area contributed by atoms with Gasteiger partial charge in [-0.2, -0.15) is 0 Å². The molecule has 0 bridgehead atoms. The van der Waals surface area contributed by atoms with E-state index in [1.807, 2.05) is 0 Å². The first-order valence-electron chi connectivity index (χ1n) is 7.59. The van der Waals surface area contributed by atoms with Crippen molar-refractivity contribution in [3.8, 4) is 11.5 Å². The van der Waals surface area contributed by atoms with Crippen molar-refractivity contribution in [2.24, 2.45) is 0 Å². The van der Waals surface area contributed by atoms with Gasteiger partial charge < -0.3 is 20.1 Å². The molecule has 2 aromatic rings. The van der Waals surface area contributed by atoms with Crippen LogP contribution in [0.3, 0.4) is 0 Å². The van der Waals surface area contributed by atoms with Gasteiger partial charge in [0.15, 0.2) is 0 Å². The molecule has 5 nitrogen and oxygen atoms in total. The minimum atomic E-state index is -0.250. The molecule has 1 amide bonds. The minimum absolute atomic E-state index is 0.169. The van der Waals surface area contributed by atoms with Crippen molar-refractivity contribution < 1.29 is 18.7 Å².